The molecule has 1 heterocycles. The first-order valence-corrected chi connectivity index (χ1v) is 9.53. The van der Waals surface area contributed by atoms with Gasteiger partial charge in [-0.25, -0.2) is 0 Å². The average Bonchev–Trinajstić information content (AvgIpc) is 3.04. The van der Waals surface area contributed by atoms with Gasteiger partial charge >= 0.3 is 0 Å². The van der Waals surface area contributed by atoms with Crippen molar-refractivity contribution >= 4 is 16.6 Å². The molecule has 0 aliphatic heterocycles. The number of aromatic nitrogens is 1. The third-order valence-electron chi connectivity index (χ3n) is 5.62. The lowest BCUT2D eigenvalue weighted by Gasteiger charge is -2.16. The number of benzene rings is 3. The minimum atomic E-state index is -0.0992. The number of hydrogen-bond donors (Lipinski definition) is 0. The van der Waals surface area contributed by atoms with Gasteiger partial charge in [0.2, 0.25) is 0 Å². The maximum Gasteiger partial charge on any atom is 0.259 e. The second-order valence-electron chi connectivity index (χ2n) is 7.34. The van der Waals surface area contributed by atoms with Crippen LogP contribution in [0.25, 0.3) is 22.0 Å². The lowest BCUT2D eigenvalue weighted by Crippen LogP contribution is -2.24. The Labute approximate surface area is 168 Å². The van der Waals surface area contributed by atoms with Gasteiger partial charge < -0.3 is 9.30 Å². The van der Waals surface area contributed by atoms with E-state index in [1.54, 1.807) is 11.7 Å². The maximum absolute atomic E-state index is 13.6. The third-order valence-corrected chi connectivity index (χ3v) is 5.62. The smallest absolute Gasteiger partial charge is 0.259 e. The molecule has 0 amide bonds. The van der Waals surface area contributed by atoms with Crippen LogP contribution in [-0.4, -0.2) is 17.5 Å². The Balaban J connectivity index is 1.92. The van der Waals surface area contributed by atoms with E-state index in [9.17, 15) is 9.59 Å². The minimum absolute atomic E-state index is 0.0479. The highest BCUT2D eigenvalue weighted by molar-refractivity contribution is 6.26. The van der Waals surface area contributed by atoms with E-state index in [0.717, 1.165) is 16.7 Å². The fourth-order valence-electron chi connectivity index (χ4n) is 4.25. The normalized spacial score (nSPS) is 12.1. The average molecular weight is 381 g/mol. The Morgan fingerprint density at radius 2 is 1.55 bits per heavy atom. The van der Waals surface area contributed by atoms with Crippen LogP contribution in [0.2, 0.25) is 0 Å². The Morgan fingerprint density at radius 3 is 2.28 bits per heavy atom. The van der Waals surface area contributed by atoms with Crippen molar-refractivity contribution < 1.29 is 9.53 Å². The highest BCUT2D eigenvalue weighted by Crippen LogP contribution is 2.40. The lowest BCUT2D eigenvalue weighted by atomic mass is 10.00. The van der Waals surface area contributed by atoms with Crippen molar-refractivity contribution in [3.8, 4) is 17.0 Å². The van der Waals surface area contributed by atoms with E-state index >= 15 is 0 Å². The number of rotatable bonds is 3. The van der Waals surface area contributed by atoms with Crippen LogP contribution in [0, 0.1) is 6.92 Å². The summed E-state index contributed by atoms with van der Waals surface area (Å²) in [6, 6.07) is 21.0. The van der Waals surface area contributed by atoms with E-state index in [2.05, 4.69) is 0 Å². The van der Waals surface area contributed by atoms with E-state index in [4.69, 9.17) is 4.74 Å². The van der Waals surface area contributed by atoms with Gasteiger partial charge in [-0.3, -0.25) is 9.59 Å². The first kappa shape index (κ1) is 17.4. The molecule has 0 radical (unpaired) electrons. The molecule has 1 aromatic heterocycles. The van der Waals surface area contributed by atoms with E-state index in [0.29, 0.717) is 39.9 Å². The second kappa shape index (κ2) is 6.45. The van der Waals surface area contributed by atoms with Gasteiger partial charge in [-0.2, -0.15) is 0 Å². The van der Waals surface area contributed by atoms with Gasteiger partial charge in [0.1, 0.15) is 5.75 Å². The van der Waals surface area contributed by atoms with Crippen LogP contribution in [0.3, 0.4) is 0 Å². The van der Waals surface area contributed by atoms with Gasteiger partial charge in [-0.05, 0) is 30.2 Å². The molecule has 0 unspecified atom stereocenters. The predicted molar refractivity (Wildman–Crippen MR) is 114 cm³/mol. The van der Waals surface area contributed by atoms with Gasteiger partial charge in [0.25, 0.3) is 5.56 Å². The molecule has 0 fully saturated rings. The lowest BCUT2D eigenvalue weighted by molar-refractivity contribution is 0.104. The Hall–Kier alpha value is -3.66. The monoisotopic (exact) mass is 381 g/mol. The van der Waals surface area contributed by atoms with Crippen LogP contribution < -0.4 is 10.3 Å². The van der Waals surface area contributed by atoms with Gasteiger partial charge in [0.05, 0.1) is 24.9 Å². The van der Waals surface area contributed by atoms with E-state index in [-0.39, 0.29) is 11.3 Å². The van der Waals surface area contributed by atoms with Crippen LogP contribution >= 0.6 is 0 Å². The zero-order valence-corrected chi connectivity index (χ0v) is 16.2. The van der Waals surface area contributed by atoms with Gasteiger partial charge in [0.15, 0.2) is 5.78 Å². The molecule has 142 valence electrons. The van der Waals surface area contributed by atoms with Crippen molar-refractivity contribution in [1.82, 2.24) is 4.57 Å². The molecule has 5 rings (SSSR count). The summed E-state index contributed by atoms with van der Waals surface area (Å²) in [7, 11) is 1.60. The molecule has 0 atom stereocenters. The summed E-state index contributed by atoms with van der Waals surface area (Å²) in [6.45, 7) is 2.31. The van der Waals surface area contributed by atoms with Crippen LogP contribution in [0.15, 0.2) is 71.5 Å². The van der Waals surface area contributed by atoms with Crippen LogP contribution in [-0.2, 0) is 6.54 Å². The molecule has 4 heteroatoms. The zero-order chi connectivity index (χ0) is 20.1. The van der Waals surface area contributed by atoms with E-state index < -0.39 is 0 Å². The predicted octanol–water partition coefficient (Wildman–Crippen LogP) is 4.58. The summed E-state index contributed by atoms with van der Waals surface area (Å²) in [4.78, 5) is 26.9. The van der Waals surface area contributed by atoms with E-state index in [1.807, 2.05) is 73.7 Å². The molecule has 0 spiro atoms. The standard InChI is InChI=1S/C25H19NO3/c1-15-12-20-19(13-21(15)29-2)22-23(17-10-6-7-11-18(17)24(22)27)26(25(20)28)14-16-8-4-3-5-9-16/h3-13H,14H2,1-2H3. The fourth-order valence-corrected chi connectivity index (χ4v) is 4.25. The number of aryl methyl sites for hydroxylation is 1. The molecule has 0 N–H and O–H groups in total. The number of ether oxygens (including phenoxy) is 1. The number of carbonyl (C=O) groups excluding carboxylic acids is 1. The van der Waals surface area contributed by atoms with Crippen molar-refractivity contribution in [3.63, 3.8) is 0 Å². The van der Waals surface area contributed by atoms with Gasteiger partial charge in [-0.15, -0.1) is 0 Å². The number of ketones is 1. The molecule has 0 bridgehead atoms. The molecular formula is C25H19NO3. The van der Waals surface area contributed by atoms with E-state index in [1.165, 1.54) is 0 Å². The van der Waals surface area contributed by atoms with Crippen molar-refractivity contribution in [2.75, 3.05) is 7.11 Å². The zero-order valence-electron chi connectivity index (χ0n) is 16.2. The molecule has 1 aliphatic carbocycles. The maximum atomic E-state index is 13.6. The summed E-state index contributed by atoms with van der Waals surface area (Å²) in [5.74, 6) is 0.622. The molecule has 3 aromatic carbocycles. The molecule has 4 nitrogen and oxygen atoms in total. The molecule has 4 aromatic rings. The van der Waals surface area contributed by atoms with Crippen molar-refractivity contribution in [1.29, 1.82) is 0 Å². The third kappa shape index (κ3) is 2.53. The Kier molecular flexibility index (Phi) is 3.88. The second-order valence-corrected chi connectivity index (χ2v) is 7.34. The van der Waals surface area contributed by atoms with Crippen molar-refractivity contribution in [3.05, 3.63) is 99.3 Å². The largest absolute Gasteiger partial charge is 0.496 e. The molecule has 29 heavy (non-hydrogen) atoms. The van der Waals surface area contributed by atoms with Gasteiger partial charge in [0, 0.05) is 21.9 Å². The number of pyridine rings is 1. The molecule has 1 aliphatic rings. The number of fused-ring (bicyclic) bond motifs is 5. The number of carbonyl (C=O) groups is 1. The number of hydrogen-bond acceptors (Lipinski definition) is 3. The number of methoxy groups -OCH3 is 1. The van der Waals surface area contributed by atoms with Crippen LogP contribution in [0.4, 0.5) is 0 Å². The fraction of sp³-hybridized carbons (Fsp3) is 0.120. The SMILES string of the molecule is COc1cc2c3c(n(Cc4ccccc4)c(=O)c2cc1C)-c1ccccc1C3=O. The Morgan fingerprint density at radius 1 is 0.862 bits per heavy atom. The summed E-state index contributed by atoms with van der Waals surface area (Å²) in [6.07, 6.45) is 0. The van der Waals surface area contributed by atoms with Crippen LogP contribution in [0.1, 0.15) is 27.0 Å². The quantitative estimate of drug-likeness (QED) is 0.460. The minimum Gasteiger partial charge on any atom is -0.496 e. The summed E-state index contributed by atoms with van der Waals surface area (Å²) < 4.78 is 7.21. The van der Waals surface area contributed by atoms with Crippen molar-refractivity contribution in [2.24, 2.45) is 0 Å². The Bertz CT molecular complexity index is 1350. The van der Waals surface area contributed by atoms with Crippen molar-refractivity contribution in [2.45, 2.75) is 13.5 Å². The highest BCUT2D eigenvalue weighted by atomic mass is 16.5. The molecule has 0 saturated carbocycles. The number of nitrogens with zero attached hydrogens (tertiary/aromatic N) is 1. The summed E-state index contributed by atoms with van der Waals surface area (Å²) >= 11 is 0. The van der Waals surface area contributed by atoms with Crippen LogP contribution in [0.5, 0.6) is 5.75 Å². The first-order chi connectivity index (χ1) is 14.1. The highest BCUT2D eigenvalue weighted by Gasteiger charge is 2.32. The molecular weight excluding hydrogens is 362 g/mol. The summed E-state index contributed by atoms with van der Waals surface area (Å²) in [5, 5.41) is 1.19. The first-order valence-electron chi connectivity index (χ1n) is 9.53. The van der Waals surface area contributed by atoms with Gasteiger partial charge in [-0.1, -0.05) is 54.6 Å². The topological polar surface area (TPSA) is 48.3 Å². The summed E-state index contributed by atoms with van der Waals surface area (Å²) in [5.41, 5.74) is 4.49. The molecule has 0 saturated heterocycles.